The molecule has 4 nitrogen and oxygen atoms in total. The van der Waals surface area contributed by atoms with Crippen LogP contribution >= 0.6 is 11.3 Å². The molecule has 0 saturated heterocycles. The number of aliphatic carboxylic acids is 1. The molecule has 0 aliphatic rings. The third-order valence-electron chi connectivity index (χ3n) is 2.48. The first-order valence-electron chi connectivity index (χ1n) is 5.21. The Kier molecular flexibility index (Phi) is 3.19. The predicted octanol–water partition coefficient (Wildman–Crippen LogP) is 2.70. The number of carboxylic acid groups (broad SMARTS) is 1. The van der Waals surface area contributed by atoms with Crippen molar-refractivity contribution in [2.24, 2.45) is 0 Å². The van der Waals surface area contributed by atoms with Gasteiger partial charge in [0.05, 0.1) is 17.3 Å². The standard InChI is InChI=1S/C12H12N2O2S/c1-7(12(15)16)10-8(2)14-11(17-10)9-5-3-4-6-13-9/h3-7H,1-2H3,(H,15,16). The van der Waals surface area contributed by atoms with Gasteiger partial charge in [-0.15, -0.1) is 11.3 Å². The van der Waals surface area contributed by atoms with Crippen molar-refractivity contribution >= 4 is 17.3 Å². The van der Waals surface area contributed by atoms with Gasteiger partial charge in [-0.2, -0.15) is 0 Å². The SMILES string of the molecule is Cc1nc(-c2ccccn2)sc1C(C)C(=O)O. The van der Waals surface area contributed by atoms with Crippen LogP contribution in [0.5, 0.6) is 0 Å². The van der Waals surface area contributed by atoms with Gasteiger partial charge in [-0.1, -0.05) is 6.07 Å². The van der Waals surface area contributed by atoms with Crippen LogP contribution in [0.25, 0.3) is 10.7 Å². The van der Waals surface area contributed by atoms with E-state index in [1.54, 1.807) is 13.1 Å². The number of aryl methyl sites for hydroxylation is 1. The van der Waals surface area contributed by atoms with Crippen LogP contribution in [0, 0.1) is 6.92 Å². The monoisotopic (exact) mass is 248 g/mol. The van der Waals surface area contributed by atoms with Gasteiger partial charge in [-0.3, -0.25) is 9.78 Å². The van der Waals surface area contributed by atoms with Crippen molar-refractivity contribution in [1.82, 2.24) is 9.97 Å². The van der Waals surface area contributed by atoms with Gasteiger partial charge in [0.2, 0.25) is 0 Å². The molecule has 0 saturated carbocycles. The van der Waals surface area contributed by atoms with Gasteiger partial charge in [-0.05, 0) is 26.0 Å². The summed E-state index contributed by atoms with van der Waals surface area (Å²) in [6.07, 6.45) is 1.70. The van der Waals surface area contributed by atoms with Crippen LogP contribution in [0.4, 0.5) is 0 Å². The maximum Gasteiger partial charge on any atom is 0.311 e. The highest BCUT2D eigenvalue weighted by molar-refractivity contribution is 7.15. The number of aromatic nitrogens is 2. The molecule has 88 valence electrons. The summed E-state index contributed by atoms with van der Waals surface area (Å²) in [5.41, 5.74) is 1.55. The molecule has 1 unspecified atom stereocenters. The molecule has 0 aromatic carbocycles. The van der Waals surface area contributed by atoms with Crippen molar-refractivity contribution in [1.29, 1.82) is 0 Å². The van der Waals surface area contributed by atoms with E-state index in [0.29, 0.717) is 0 Å². The first kappa shape index (κ1) is 11.7. The average Bonchev–Trinajstić information content (AvgIpc) is 2.71. The van der Waals surface area contributed by atoms with E-state index in [9.17, 15) is 4.79 Å². The zero-order valence-corrected chi connectivity index (χ0v) is 10.4. The van der Waals surface area contributed by atoms with Gasteiger partial charge < -0.3 is 5.11 Å². The molecule has 2 heterocycles. The molecule has 0 radical (unpaired) electrons. The minimum absolute atomic E-state index is 0.523. The van der Waals surface area contributed by atoms with Crippen LogP contribution < -0.4 is 0 Å². The molecule has 0 aliphatic carbocycles. The Balaban J connectivity index is 2.41. The van der Waals surface area contributed by atoms with Crippen LogP contribution in [0.2, 0.25) is 0 Å². The molecular formula is C12H12N2O2S. The molecule has 1 N–H and O–H groups in total. The third kappa shape index (κ3) is 2.34. The number of thiazole rings is 1. The molecule has 5 heteroatoms. The van der Waals surface area contributed by atoms with Crippen LogP contribution in [0.15, 0.2) is 24.4 Å². The van der Waals surface area contributed by atoms with E-state index >= 15 is 0 Å². The molecular weight excluding hydrogens is 236 g/mol. The quantitative estimate of drug-likeness (QED) is 0.907. The van der Waals surface area contributed by atoms with Crippen LogP contribution in [0.1, 0.15) is 23.4 Å². The lowest BCUT2D eigenvalue weighted by Crippen LogP contribution is -2.06. The van der Waals surface area contributed by atoms with Crippen molar-refractivity contribution in [3.8, 4) is 10.7 Å². The largest absolute Gasteiger partial charge is 0.481 e. The molecule has 0 spiro atoms. The number of carbonyl (C=O) groups is 1. The van der Waals surface area contributed by atoms with Crippen molar-refractivity contribution in [2.75, 3.05) is 0 Å². The van der Waals surface area contributed by atoms with Crippen molar-refractivity contribution < 1.29 is 9.90 Å². The van der Waals surface area contributed by atoms with Crippen molar-refractivity contribution in [3.63, 3.8) is 0 Å². The van der Waals surface area contributed by atoms with E-state index in [4.69, 9.17) is 5.11 Å². The second kappa shape index (κ2) is 4.63. The number of hydrogen-bond acceptors (Lipinski definition) is 4. The predicted molar refractivity (Wildman–Crippen MR) is 66.1 cm³/mol. The Bertz CT molecular complexity index is 537. The van der Waals surface area contributed by atoms with Gasteiger partial charge >= 0.3 is 5.97 Å². The molecule has 17 heavy (non-hydrogen) atoms. The normalized spacial score (nSPS) is 12.4. The summed E-state index contributed by atoms with van der Waals surface area (Å²) in [5, 5.41) is 9.77. The van der Waals surface area contributed by atoms with Gasteiger partial charge in [0, 0.05) is 11.1 Å². The van der Waals surface area contributed by atoms with E-state index in [2.05, 4.69) is 9.97 Å². The second-order valence-corrected chi connectivity index (χ2v) is 4.77. The zero-order chi connectivity index (χ0) is 12.4. The lowest BCUT2D eigenvalue weighted by atomic mass is 10.1. The van der Waals surface area contributed by atoms with Gasteiger partial charge in [0.1, 0.15) is 5.01 Å². The summed E-state index contributed by atoms with van der Waals surface area (Å²) in [4.78, 5) is 20.3. The molecule has 2 rings (SSSR count). The number of nitrogens with zero attached hydrogens (tertiary/aromatic N) is 2. The first-order valence-corrected chi connectivity index (χ1v) is 6.02. The van der Waals surface area contributed by atoms with E-state index in [1.165, 1.54) is 11.3 Å². The minimum Gasteiger partial charge on any atom is -0.481 e. The van der Waals surface area contributed by atoms with Gasteiger partial charge in [0.15, 0.2) is 0 Å². The van der Waals surface area contributed by atoms with Crippen molar-refractivity contribution in [3.05, 3.63) is 35.0 Å². The minimum atomic E-state index is -0.829. The fourth-order valence-electron chi connectivity index (χ4n) is 1.52. The lowest BCUT2D eigenvalue weighted by molar-refractivity contribution is -0.138. The fraction of sp³-hybridized carbons (Fsp3) is 0.250. The third-order valence-corrected chi connectivity index (χ3v) is 3.84. The highest BCUT2D eigenvalue weighted by atomic mass is 32.1. The van der Waals surface area contributed by atoms with E-state index in [-0.39, 0.29) is 0 Å². The summed E-state index contributed by atoms with van der Waals surface area (Å²) in [6, 6.07) is 5.59. The molecule has 0 aliphatic heterocycles. The molecule has 0 bridgehead atoms. The number of carboxylic acids is 1. The number of hydrogen-bond donors (Lipinski definition) is 1. The molecule has 2 aromatic rings. The Labute approximate surface area is 103 Å². The summed E-state index contributed by atoms with van der Waals surface area (Å²) in [6.45, 7) is 3.50. The summed E-state index contributed by atoms with van der Waals surface area (Å²) < 4.78 is 0. The topological polar surface area (TPSA) is 63.1 Å². The zero-order valence-electron chi connectivity index (χ0n) is 9.54. The van der Waals surface area contributed by atoms with Crippen LogP contribution in [0.3, 0.4) is 0 Å². The van der Waals surface area contributed by atoms with E-state index in [1.807, 2.05) is 25.1 Å². The molecule has 1 atom stereocenters. The van der Waals surface area contributed by atoms with Crippen LogP contribution in [-0.4, -0.2) is 21.0 Å². The second-order valence-electron chi connectivity index (χ2n) is 3.74. The Morgan fingerprint density at radius 3 is 2.82 bits per heavy atom. The Morgan fingerprint density at radius 2 is 2.24 bits per heavy atom. The maximum absolute atomic E-state index is 11.0. The van der Waals surface area contributed by atoms with E-state index in [0.717, 1.165) is 21.3 Å². The smallest absolute Gasteiger partial charge is 0.311 e. The van der Waals surface area contributed by atoms with Gasteiger partial charge in [-0.25, -0.2) is 4.98 Å². The molecule has 0 amide bonds. The highest BCUT2D eigenvalue weighted by Crippen LogP contribution is 2.31. The summed E-state index contributed by atoms with van der Waals surface area (Å²) >= 11 is 1.39. The summed E-state index contributed by atoms with van der Waals surface area (Å²) in [7, 11) is 0. The first-order chi connectivity index (χ1) is 8.09. The highest BCUT2D eigenvalue weighted by Gasteiger charge is 2.20. The van der Waals surface area contributed by atoms with E-state index < -0.39 is 11.9 Å². The molecule has 0 fully saturated rings. The Morgan fingerprint density at radius 1 is 1.47 bits per heavy atom. The number of rotatable bonds is 3. The van der Waals surface area contributed by atoms with Crippen LogP contribution in [-0.2, 0) is 4.79 Å². The molecule has 2 aromatic heterocycles. The number of pyridine rings is 1. The lowest BCUT2D eigenvalue weighted by Gasteiger charge is -2.02. The Hall–Kier alpha value is -1.75. The summed E-state index contributed by atoms with van der Waals surface area (Å²) in [5.74, 6) is -1.35. The van der Waals surface area contributed by atoms with Crippen molar-refractivity contribution in [2.45, 2.75) is 19.8 Å². The average molecular weight is 248 g/mol. The fourth-order valence-corrected chi connectivity index (χ4v) is 2.61. The maximum atomic E-state index is 11.0. The van der Waals surface area contributed by atoms with Gasteiger partial charge in [0.25, 0.3) is 0 Å².